The molecular weight excluding hydrogens is 260 g/mol. The van der Waals surface area contributed by atoms with Crippen LogP contribution in [-0.4, -0.2) is 27.3 Å². The molecule has 1 aliphatic rings. The Bertz CT molecular complexity index is 563. The fourth-order valence-corrected chi connectivity index (χ4v) is 2.85. The predicted molar refractivity (Wildman–Crippen MR) is 79.2 cm³/mol. The molecule has 0 aromatic heterocycles. The molecule has 19 heavy (non-hydrogen) atoms. The van der Waals surface area contributed by atoms with Crippen LogP contribution in [0.3, 0.4) is 0 Å². The van der Waals surface area contributed by atoms with Gasteiger partial charge in [-0.25, -0.2) is 8.42 Å². The molecule has 5 heteroatoms. The van der Waals surface area contributed by atoms with E-state index in [1.54, 1.807) is 12.1 Å². The van der Waals surface area contributed by atoms with Gasteiger partial charge in [0.25, 0.3) is 0 Å². The van der Waals surface area contributed by atoms with Crippen molar-refractivity contribution in [1.82, 2.24) is 0 Å². The highest BCUT2D eigenvalue weighted by Gasteiger charge is 2.26. The molecule has 0 unspecified atom stereocenters. The first-order valence-electron chi connectivity index (χ1n) is 6.65. The first kappa shape index (κ1) is 14.2. The topological polar surface area (TPSA) is 63.4 Å². The molecule has 0 amide bonds. The molecule has 2 N–H and O–H groups in total. The molecule has 0 atom stereocenters. The summed E-state index contributed by atoms with van der Waals surface area (Å²) in [4.78, 5) is 2.54. The van der Waals surface area contributed by atoms with Crippen molar-refractivity contribution < 1.29 is 8.42 Å². The summed E-state index contributed by atoms with van der Waals surface area (Å²) in [5, 5.41) is 0. The molecule has 1 aromatic rings. The number of nitrogens with two attached hydrogens (primary N) is 1. The lowest BCUT2D eigenvalue weighted by atomic mass is 10.2. The summed E-state index contributed by atoms with van der Waals surface area (Å²) in [6, 6.07) is 5.39. The smallest absolute Gasteiger partial charge is 0.175 e. The van der Waals surface area contributed by atoms with Crippen molar-refractivity contribution in [3.05, 3.63) is 18.2 Å². The van der Waals surface area contributed by atoms with Crippen molar-refractivity contribution in [1.29, 1.82) is 0 Å². The molecule has 1 saturated carbocycles. The number of sulfone groups is 1. The van der Waals surface area contributed by atoms with Crippen molar-refractivity contribution in [3.8, 4) is 0 Å². The highest BCUT2D eigenvalue weighted by atomic mass is 32.2. The largest absolute Gasteiger partial charge is 0.397 e. The summed E-state index contributed by atoms with van der Waals surface area (Å²) in [6.07, 6.45) is 3.76. The minimum Gasteiger partial charge on any atom is -0.397 e. The van der Waals surface area contributed by atoms with E-state index in [9.17, 15) is 8.42 Å². The molecule has 2 rings (SSSR count). The Morgan fingerprint density at radius 2 is 2.00 bits per heavy atom. The fourth-order valence-electron chi connectivity index (χ4n) is 2.19. The number of rotatable bonds is 5. The molecule has 0 aliphatic heterocycles. The molecule has 1 aromatic carbocycles. The van der Waals surface area contributed by atoms with E-state index in [-0.39, 0.29) is 4.90 Å². The van der Waals surface area contributed by atoms with Gasteiger partial charge < -0.3 is 10.6 Å². The summed E-state index contributed by atoms with van der Waals surface area (Å²) in [6.45, 7) is 5.26. The van der Waals surface area contributed by atoms with Gasteiger partial charge in [-0.15, -0.1) is 0 Å². The summed E-state index contributed by atoms with van der Waals surface area (Å²) in [5.74, 6) is 0.761. The van der Waals surface area contributed by atoms with Crippen LogP contribution < -0.4 is 10.6 Å². The standard InChI is InChI=1S/C14H22N2O2S/c1-10(2)16(9-11-4-5-11)14-7-6-12(8-13(14)15)19(3,17)18/h6-8,10-11H,4-5,9,15H2,1-3H3. The van der Waals surface area contributed by atoms with Gasteiger partial charge in [-0.2, -0.15) is 0 Å². The van der Waals surface area contributed by atoms with Crippen molar-refractivity contribution in [2.45, 2.75) is 37.6 Å². The van der Waals surface area contributed by atoms with Gasteiger partial charge in [-0.1, -0.05) is 0 Å². The Morgan fingerprint density at radius 1 is 1.37 bits per heavy atom. The maximum atomic E-state index is 11.5. The average Bonchev–Trinajstić information content (AvgIpc) is 3.08. The molecule has 106 valence electrons. The maximum absolute atomic E-state index is 11.5. The predicted octanol–water partition coefficient (Wildman–Crippen LogP) is 2.30. The van der Waals surface area contributed by atoms with Gasteiger partial charge in [-0.3, -0.25) is 0 Å². The van der Waals surface area contributed by atoms with E-state index >= 15 is 0 Å². The minimum absolute atomic E-state index is 0.281. The van der Waals surface area contributed by atoms with Crippen LogP contribution in [0.1, 0.15) is 26.7 Å². The highest BCUT2D eigenvalue weighted by Crippen LogP contribution is 2.34. The second kappa shape index (κ2) is 5.04. The van der Waals surface area contributed by atoms with E-state index in [0.29, 0.717) is 11.7 Å². The summed E-state index contributed by atoms with van der Waals surface area (Å²) in [5.41, 5.74) is 7.53. The first-order chi connectivity index (χ1) is 8.79. The molecular formula is C14H22N2O2S. The van der Waals surface area contributed by atoms with Gasteiger partial charge in [0.05, 0.1) is 16.3 Å². The summed E-state index contributed by atoms with van der Waals surface area (Å²) >= 11 is 0. The zero-order valence-corrected chi connectivity index (χ0v) is 12.6. The van der Waals surface area contributed by atoms with Gasteiger partial charge in [-0.05, 0) is 50.8 Å². The zero-order valence-electron chi connectivity index (χ0n) is 11.8. The van der Waals surface area contributed by atoms with E-state index in [1.807, 2.05) is 6.07 Å². The van der Waals surface area contributed by atoms with Crippen LogP contribution in [0, 0.1) is 5.92 Å². The van der Waals surface area contributed by atoms with Gasteiger partial charge in [0.1, 0.15) is 0 Å². The van der Waals surface area contributed by atoms with Gasteiger partial charge in [0.2, 0.25) is 0 Å². The number of nitrogens with zero attached hydrogens (tertiary/aromatic N) is 1. The number of nitrogen functional groups attached to an aromatic ring is 1. The van der Waals surface area contributed by atoms with Crippen LogP contribution in [0.25, 0.3) is 0 Å². The van der Waals surface area contributed by atoms with E-state index < -0.39 is 9.84 Å². The van der Waals surface area contributed by atoms with E-state index in [1.165, 1.54) is 19.1 Å². The molecule has 0 heterocycles. The Balaban J connectivity index is 2.32. The summed E-state index contributed by atoms with van der Waals surface area (Å²) in [7, 11) is -3.20. The fraction of sp³-hybridized carbons (Fsp3) is 0.571. The molecule has 1 aliphatic carbocycles. The number of hydrogen-bond donors (Lipinski definition) is 1. The lowest BCUT2D eigenvalue weighted by molar-refractivity contribution is 0.602. The van der Waals surface area contributed by atoms with Crippen LogP contribution in [0.5, 0.6) is 0 Å². The lowest BCUT2D eigenvalue weighted by Gasteiger charge is -2.30. The third kappa shape index (κ3) is 3.41. The van der Waals surface area contributed by atoms with E-state index in [0.717, 1.165) is 18.2 Å². The maximum Gasteiger partial charge on any atom is 0.175 e. The van der Waals surface area contributed by atoms with Crippen molar-refractivity contribution in [2.75, 3.05) is 23.4 Å². The Hall–Kier alpha value is -1.23. The normalized spacial score (nSPS) is 15.8. The minimum atomic E-state index is -3.20. The number of benzene rings is 1. The van der Waals surface area contributed by atoms with Crippen LogP contribution in [0.15, 0.2) is 23.1 Å². The highest BCUT2D eigenvalue weighted by molar-refractivity contribution is 7.90. The van der Waals surface area contributed by atoms with Crippen LogP contribution in [0.2, 0.25) is 0 Å². The average molecular weight is 282 g/mol. The first-order valence-corrected chi connectivity index (χ1v) is 8.54. The molecule has 4 nitrogen and oxygen atoms in total. The van der Waals surface area contributed by atoms with Crippen molar-refractivity contribution >= 4 is 21.2 Å². The summed E-state index contributed by atoms with van der Waals surface area (Å²) < 4.78 is 23.0. The van der Waals surface area contributed by atoms with Crippen LogP contribution >= 0.6 is 0 Å². The van der Waals surface area contributed by atoms with Gasteiger partial charge >= 0.3 is 0 Å². The third-order valence-electron chi connectivity index (χ3n) is 3.51. The number of anilines is 2. The Morgan fingerprint density at radius 3 is 2.42 bits per heavy atom. The van der Waals surface area contributed by atoms with Crippen LogP contribution in [0.4, 0.5) is 11.4 Å². The van der Waals surface area contributed by atoms with E-state index in [4.69, 9.17) is 5.73 Å². The van der Waals surface area contributed by atoms with Gasteiger partial charge in [0.15, 0.2) is 9.84 Å². The molecule has 1 fully saturated rings. The third-order valence-corrected chi connectivity index (χ3v) is 4.62. The second-order valence-electron chi connectivity index (χ2n) is 5.68. The van der Waals surface area contributed by atoms with E-state index in [2.05, 4.69) is 18.7 Å². The van der Waals surface area contributed by atoms with Crippen molar-refractivity contribution in [2.24, 2.45) is 5.92 Å². The SMILES string of the molecule is CC(C)N(CC1CC1)c1ccc(S(C)(=O)=O)cc1N. The second-order valence-corrected chi connectivity index (χ2v) is 7.70. The lowest BCUT2D eigenvalue weighted by Crippen LogP contribution is -2.33. The molecule has 0 spiro atoms. The Kier molecular flexibility index (Phi) is 3.76. The monoisotopic (exact) mass is 282 g/mol. The number of hydrogen-bond acceptors (Lipinski definition) is 4. The van der Waals surface area contributed by atoms with Gasteiger partial charge in [0, 0.05) is 18.8 Å². The Labute approximate surface area is 115 Å². The molecule has 0 saturated heterocycles. The molecule has 0 radical (unpaired) electrons. The van der Waals surface area contributed by atoms with Crippen LogP contribution in [-0.2, 0) is 9.84 Å². The quantitative estimate of drug-likeness (QED) is 0.842. The van der Waals surface area contributed by atoms with Crippen molar-refractivity contribution in [3.63, 3.8) is 0 Å². The zero-order chi connectivity index (χ0) is 14.2. The molecule has 0 bridgehead atoms.